The van der Waals surface area contributed by atoms with Gasteiger partial charge in [0.15, 0.2) is 0 Å². The fourth-order valence-electron chi connectivity index (χ4n) is 2.92. The predicted octanol–water partition coefficient (Wildman–Crippen LogP) is 4.58. The molecule has 2 aromatic rings. The van der Waals surface area contributed by atoms with Crippen molar-refractivity contribution in [2.75, 3.05) is 13.1 Å². The number of halogens is 1. The molecule has 2 heterocycles. The third-order valence-electron chi connectivity index (χ3n) is 4.51. The number of hydrogen-bond donors (Lipinski definition) is 0. The maximum Gasteiger partial charge on any atom is 0.272 e. The van der Waals surface area contributed by atoms with Gasteiger partial charge in [-0.1, -0.05) is 42.8 Å². The first kappa shape index (κ1) is 16.0. The van der Waals surface area contributed by atoms with Gasteiger partial charge in [0.25, 0.3) is 5.91 Å². The summed E-state index contributed by atoms with van der Waals surface area (Å²) < 4.78 is 0. The molecule has 0 unspecified atom stereocenters. The molecule has 1 aliphatic rings. The van der Waals surface area contributed by atoms with Crippen LogP contribution in [0.1, 0.15) is 35.8 Å². The van der Waals surface area contributed by atoms with E-state index in [2.05, 4.69) is 11.9 Å². The summed E-state index contributed by atoms with van der Waals surface area (Å²) in [4.78, 5) is 19.1. The van der Waals surface area contributed by atoms with Crippen molar-refractivity contribution in [2.24, 2.45) is 5.92 Å². The predicted molar refractivity (Wildman–Crippen MR) is 93.7 cm³/mol. The van der Waals surface area contributed by atoms with Crippen molar-refractivity contribution in [1.82, 2.24) is 9.88 Å². The van der Waals surface area contributed by atoms with Crippen LogP contribution < -0.4 is 0 Å². The SMILES string of the molecule is Cc1cccc(-c2cccc(C(=O)N3CCC(C)CC3)n2)c1Cl. The Balaban J connectivity index is 1.88. The minimum atomic E-state index is 0.0162. The van der Waals surface area contributed by atoms with Gasteiger partial charge in [0.1, 0.15) is 5.69 Å². The lowest BCUT2D eigenvalue weighted by atomic mass is 9.99. The van der Waals surface area contributed by atoms with E-state index in [9.17, 15) is 4.79 Å². The highest BCUT2D eigenvalue weighted by atomic mass is 35.5. The van der Waals surface area contributed by atoms with E-state index in [1.165, 1.54) is 0 Å². The van der Waals surface area contributed by atoms with E-state index < -0.39 is 0 Å². The third kappa shape index (κ3) is 3.40. The van der Waals surface area contributed by atoms with Gasteiger partial charge in [-0.05, 0) is 43.4 Å². The van der Waals surface area contributed by atoms with Crippen LogP contribution >= 0.6 is 11.6 Å². The summed E-state index contributed by atoms with van der Waals surface area (Å²) in [6.45, 7) is 5.84. The molecular weight excluding hydrogens is 308 g/mol. The number of amides is 1. The number of nitrogens with zero attached hydrogens (tertiary/aromatic N) is 2. The minimum absolute atomic E-state index is 0.0162. The monoisotopic (exact) mass is 328 g/mol. The molecule has 1 saturated heterocycles. The van der Waals surface area contributed by atoms with Crippen LogP contribution in [0.3, 0.4) is 0 Å². The van der Waals surface area contributed by atoms with Gasteiger partial charge in [0.2, 0.25) is 0 Å². The molecule has 3 nitrogen and oxygen atoms in total. The first-order valence-electron chi connectivity index (χ1n) is 8.08. The Hall–Kier alpha value is -1.87. The molecule has 0 saturated carbocycles. The van der Waals surface area contributed by atoms with Crippen LogP contribution in [0.25, 0.3) is 11.3 Å². The van der Waals surface area contributed by atoms with Crippen molar-refractivity contribution in [3.8, 4) is 11.3 Å². The van der Waals surface area contributed by atoms with E-state index in [0.717, 1.165) is 42.8 Å². The van der Waals surface area contributed by atoms with E-state index in [-0.39, 0.29) is 5.91 Å². The first-order valence-corrected chi connectivity index (χ1v) is 8.46. The quantitative estimate of drug-likeness (QED) is 0.808. The number of hydrogen-bond acceptors (Lipinski definition) is 2. The number of rotatable bonds is 2. The second-order valence-corrected chi connectivity index (χ2v) is 6.70. The molecule has 1 amide bonds. The van der Waals surface area contributed by atoms with Gasteiger partial charge in [-0.3, -0.25) is 4.79 Å². The molecule has 1 aliphatic heterocycles. The van der Waals surface area contributed by atoms with Crippen LogP contribution in [-0.4, -0.2) is 28.9 Å². The van der Waals surface area contributed by atoms with Gasteiger partial charge in [0.05, 0.1) is 10.7 Å². The summed E-state index contributed by atoms with van der Waals surface area (Å²) in [5.74, 6) is 0.715. The highest BCUT2D eigenvalue weighted by molar-refractivity contribution is 6.34. The number of carbonyl (C=O) groups excluding carboxylic acids is 1. The first-order chi connectivity index (χ1) is 11.1. The second-order valence-electron chi connectivity index (χ2n) is 6.32. The normalized spacial score (nSPS) is 15.7. The van der Waals surface area contributed by atoms with Gasteiger partial charge in [-0.25, -0.2) is 4.98 Å². The lowest BCUT2D eigenvalue weighted by molar-refractivity contribution is 0.0691. The second kappa shape index (κ2) is 6.71. The van der Waals surface area contributed by atoms with Crippen LogP contribution in [0.2, 0.25) is 5.02 Å². The van der Waals surface area contributed by atoms with Gasteiger partial charge < -0.3 is 4.90 Å². The minimum Gasteiger partial charge on any atom is -0.337 e. The third-order valence-corrected chi connectivity index (χ3v) is 5.01. The molecule has 0 atom stereocenters. The molecule has 3 rings (SSSR count). The lowest BCUT2D eigenvalue weighted by Crippen LogP contribution is -2.38. The Bertz CT molecular complexity index is 721. The van der Waals surface area contributed by atoms with E-state index in [1.54, 1.807) is 6.07 Å². The molecule has 1 aromatic carbocycles. The smallest absolute Gasteiger partial charge is 0.272 e. The number of pyridine rings is 1. The van der Waals surface area contributed by atoms with Crippen LogP contribution in [0.15, 0.2) is 36.4 Å². The van der Waals surface area contributed by atoms with E-state index >= 15 is 0 Å². The highest BCUT2D eigenvalue weighted by Crippen LogP contribution is 2.29. The molecule has 0 aliphatic carbocycles. The zero-order chi connectivity index (χ0) is 16.4. The van der Waals surface area contributed by atoms with Crippen molar-refractivity contribution in [2.45, 2.75) is 26.7 Å². The fourth-order valence-corrected chi connectivity index (χ4v) is 3.15. The molecule has 120 valence electrons. The number of carbonyl (C=O) groups is 1. The Morgan fingerprint density at radius 1 is 1.17 bits per heavy atom. The maximum absolute atomic E-state index is 12.7. The maximum atomic E-state index is 12.7. The van der Waals surface area contributed by atoms with Gasteiger partial charge >= 0.3 is 0 Å². The Labute approximate surface area is 142 Å². The standard InChI is InChI=1S/C19H21ClN2O/c1-13-9-11-22(12-10-13)19(23)17-8-4-7-16(21-17)15-6-3-5-14(2)18(15)20/h3-8,13H,9-12H2,1-2H3. The molecule has 0 radical (unpaired) electrons. The van der Waals surface area contributed by atoms with Crippen LogP contribution in [-0.2, 0) is 0 Å². The molecular formula is C19H21ClN2O. The zero-order valence-corrected chi connectivity index (χ0v) is 14.3. The molecule has 0 spiro atoms. The number of aryl methyl sites for hydroxylation is 1. The lowest BCUT2D eigenvalue weighted by Gasteiger charge is -2.30. The molecule has 23 heavy (non-hydrogen) atoms. The molecule has 1 fully saturated rings. The van der Waals surface area contributed by atoms with Crippen LogP contribution in [0, 0.1) is 12.8 Å². The Morgan fingerprint density at radius 2 is 1.87 bits per heavy atom. The van der Waals surface area contributed by atoms with Gasteiger partial charge in [-0.15, -0.1) is 0 Å². The Kier molecular flexibility index (Phi) is 4.67. The van der Waals surface area contributed by atoms with E-state index in [0.29, 0.717) is 16.6 Å². The van der Waals surface area contributed by atoms with Gasteiger partial charge in [0, 0.05) is 18.7 Å². The average molecular weight is 329 g/mol. The molecule has 1 aromatic heterocycles. The molecule has 0 bridgehead atoms. The van der Waals surface area contributed by atoms with Crippen molar-refractivity contribution in [3.63, 3.8) is 0 Å². The number of benzene rings is 1. The van der Waals surface area contributed by atoms with Crippen molar-refractivity contribution in [3.05, 3.63) is 52.7 Å². The fraction of sp³-hybridized carbons (Fsp3) is 0.368. The summed E-state index contributed by atoms with van der Waals surface area (Å²) in [5.41, 5.74) is 3.12. The van der Waals surface area contributed by atoms with Gasteiger partial charge in [-0.2, -0.15) is 0 Å². The van der Waals surface area contributed by atoms with E-state index in [4.69, 9.17) is 11.6 Å². The Morgan fingerprint density at radius 3 is 2.61 bits per heavy atom. The van der Waals surface area contributed by atoms with E-state index in [1.807, 2.05) is 42.2 Å². The van der Waals surface area contributed by atoms with Crippen LogP contribution in [0.5, 0.6) is 0 Å². The number of aromatic nitrogens is 1. The molecule has 0 N–H and O–H groups in total. The largest absolute Gasteiger partial charge is 0.337 e. The number of piperidine rings is 1. The summed E-state index contributed by atoms with van der Waals surface area (Å²) in [5, 5.41) is 0.691. The van der Waals surface area contributed by atoms with Crippen molar-refractivity contribution in [1.29, 1.82) is 0 Å². The van der Waals surface area contributed by atoms with Crippen molar-refractivity contribution >= 4 is 17.5 Å². The van der Waals surface area contributed by atoms with Crippen molar-refractivity contribution < 1.29 is 4.79 Å². The average Bonchev–Trinajstić information content (AvgIpc) is 2.57. The molecule has 4 heteroatoms. The summed E-state index contributed by atoms with van der Waals surface area (Å²) in [6, 6.07) is 11.4. The summed E-state index contributed by atoms with van der Waals surface area (Å²) in [7, 11) is 0. The summed E-state index contributed by atoms with van der Waals surface area (Å²) >= 11 is 6.39. The number of likely N-dealkylation sites (tertiary alicyclic amines) is 1. The van der Waals surface area contributed by atoms with Crippen LogP contribution in [0.4, 0.5) is 0 Å². The highest BCUT2D eigenvalue weighted by Gasteiger charge is 2.22. The summed E-state index contributed by atoms with van der Waals surface area (Å²) in [6.07, 6.45) is 2.13. The zero-order valence-electron chi connectivity index (χ0n) is 13.6. The topological polar surface area (TPSA) is 33.2 Å².